The second kappa shape index (κ2) is 12.3. The first-order chi connectivity index (χ1) is 25.8. The van der Waals surface area contributed by atoms with Crippen molar-refractivity contribution in [1.82, 2.24) is 29.8 Å². The number of allylic oxidation sites excluding steroid dienone is 2. The van der Waals surface area contributed by atoms with E-state index in [1.54, 1.807) is 12.4 Å². The number of nitrogens with one attached hydrogen (secondary N) is 1. The Morgan fingerprint density at radius 3 is 2.08 bits per heavy atom. The molecule has 7 heteroatoms. The first kappa shape index (κ1) is 29.8. The summed E-state index contributed by atoms with van der Waals surface area (Å²) in [6.07, 6.45) is 9.52. The van der Waals surface area contributed by atoms with Gasteiger partial charge in [-0.05, 0) is 60.3 Å². The quantitative estimate of drug-likeness (QED) is 0.190. The molecule has 0 aliphatic carbocycles. The molecule has 0 radical (unpaired) electrons. The maximum atomic E-state index is 6.97. The minimum absolute atomic E-state index is 0.598. The van der Waals surface area contributed by atoms with E-state index in [0.29, 0.717) is 24.0 Å². The molecule has 0 bridgehead atoms. The number of hydrogen-bond donors (Lipinski definition) is 1. The standard InChI is InChI=1S/C45H30N6O/c1-3-10-29(11-4-1)39-36-18-19-38-40(42(36)52-41(39)30-12-5-2-6-13-30)35-16-7-8-17-37(35)51(38)34-15-9-14-33(28-34)45-49-43(31-20-24-46-25-21-31)48-44(50-45)32-22-26-47-27-23-32/h1-26,28,47H,27H2. The molecule has 52 heavy (non-hydrogen) atoms. The second-order valence-corrected chi connectivity index (χ2v) is 12.7. The van der Waals surface area contributed by atoms with E-state index in [-0.39, 0.29) is 0 Å². The van der Waals surface area contributed by atoms with E-state index < -0.39 is 0 Å². The van der Waals surface area contributed by atoms with E-state index in [9.17, 15) is 0 Å². The van der Waals surface area contributed by atoms with Crippen LogP contribution in [0.4, 0.5) is 0 Å². The third-order valence-electron chi connectivity index (χ3n) is 9.61. The molecule has 0 saturated carbocycles. The summed E-state index contributed by atoms with van der Waals surface area (Å²) in [4.78, 5) is 19.1. The minimum atomic E-state index is 0.598. The van der Waals surface area contributed by atoms with Crippen LogP contribution in [0, 0.1) is 0 Å². The number of para-hydroxylation sites is 1. The molecule has 5 heterocycles. The highest BCUT2D eigenvalue weighted by Crippen LogP contribution is 2.46. The lowest BCUT2D eigenvalue weighted by molar-refractivity contribution is 0.636. The summed E-state index contributed by atoms with van der Waals surface area (Å²) in [7, 11) is 0. The van der Waals surface area contributed by atoms with Crippen LogP contribution in [0.25, 0.3) is 89.3 Å². The molecule has 5 aromatic carbocycles. The summed E-state index contributed by atoms with van der Waals surface area (Å²) in [5.74, 6) is 2.69. The van der Waals surface area contributed by atoms with Crippen molar-refractivity contribution in [3.05, 3.63) is 170 Å². The number of dihydropyridines is 1. The van der Waals surface area contributed by atoms with Gasteiger partial charge < -0.3 is 14.3 Å². The van der Waals surface area contributed by atoms with E-state index in [1.807, 2.05) is 36.5 Å². The number of furan rings is 1. The van der Waals surface area contributed by atoms with Gasteiger partial charge in [0.05, 0.1) is 16.4 Å². The third kappa shape index (κ3) is 4.98. The first-order valence-electron chi connectivity index (χ1n) is 17.3. The highest BCUT2D eigenvalue weighted by molar-refractivity contribution is 6.22. The van der Waals surface area contributed by atoms with Gasteiger partial charge in [0.1, 0.15) is 11.3 Å². The number of benzene rings is 5. The van der Waals surface area contributed by atoms with Crippen molar-refractivity contribution in [3.8, 4) is 50.9 Å². The summed E-state index contributed by atoms with van der Waals surface area (Å²) in [6.45, 7) is 0.712. The monoisotopic (exact) mass is 670 g/mol. The van der Waals surface area contributed by atoms with Gasteiger partial charge in [-0.1, -0.05) is 97.1 Å². The lowest BCUT2D eigenvalue weighted by atomic mass is 9.98. The molecular weight excluding hydrogens is 641 g/mol. The van der Waals surface area contributed by atoms with Crippen LogP contribution in [-0.4, -0.2) is 31.0 Å². The fourth-order valence-electron chi connectivity index (χ4n) is 7.24. The maximum absolute atomic E-state index is 6.97. The van der Waals surface area contributed by atoms with Crippen molar-refractivity contribution in [2.24, 2.45) is 0 Å². The Bertz CT molecular complexity index is 2840. The molecule has 0 atom stereocenters. The van der Waals surface area contributed by atoms with Crippen LogP contribution >= 0.6 is 0 Å². The van der Waals surface area contributed by atoms with Crippen molar-refractivity contribution < 1.29 is 4.42 Å². The number of aromatic nitrogens is 5. The Balaban J connectivity index is 1.19. The zero-order valence-electron chi connectivity index (χ0n) is 27.9. The summed E-state index contributed by atoms with van der Waals surface area (Å²) < 4.78 is 9.28. The molecule has 1 aliphatic heterocycles. The molecule has 0 unspecified atom stereocenters. The van der Waals surface area contributed by atoms with Crippen molar-refractivity contribution >= 4 is 38.3 Å². The average molecular weight is 671 g/mol. The van der Waals surface area contributed by atoms with Gasteiger partial charge >= 0.3 is 0 Å². The van der Waals surface area contributed by atoms with Gasteiger partial charge in [0.2, 0.25) is 0 Å². The highest BCUT2D eigenvalue weighted by Gasteiger charge is 2.23. The predicted octanol–water partition coefficient (Wildman–Crippen LogP) is 10.3. The maximum Gasteiger partial charge on any atom is 0.164 e. The van der Waals surface area contributed by atoms with E-state index in [1.165, 1.54) is 0 Å². The topological polar surface area (TPSA) is 81.7 Å². The van der Waals surface area contributed by atoms with E-state index in [2.05, 4.69) is 130 Å². The fourth-order valence-corrected chi connectivity index (χ4v) is 7.24. The van der Waals surface area contributed by atoms with Gasteiger partial charge in [-0.3, -0.25) is 4.98 Å². The van der Waals surface area contributed by atoms with Gasteiger partial charge in [-0.15, -0.1) is 0 Å². The molecular formula is C45H30N6O. The van der Waals surface area contributed by atoms with Gasteiger partial charge in [0, 0.05) is 63.2 Å². The Labute approximate surface area is 299 Å². The number of hydrogen-bond acceptors (Lipinski definition) is 6. The van der Waals surface area contributed by atoms with Gasteiger partial charge in [-0.25, -0.2) is 15.0 Å². The molecule has 0 amide bonds. The molecule has 4 aromatic heterocycles. The normalized spacial score (nSPS) is 12.7. The number of nitrogens with zero attached hydrogens (tertiary/aromatic N) is 5. The van der Waals surface area contributed by atoms with E-state index in [0.717, 1.165) is 77.6 Å². The van der Waals surface area contributed by atoms with E-state index in [4.69, 9.17) is 19.4 Å². The highest BCUT2D eigenvalue weighted by atomic mass is 16.3. The number of fused-ring (bicyclic) bond motifs is 5. The number of pyridine rings is 1. The van der Waals surface area contributed by atoms with Crippen molar-refractivity contribution in [3.63, 3.8) is 0 Å². The Morgan fingerprint density at radius 2 is 1.29 bits per heavy atom. The van der Waals surface area contributed by atoms with Crippen molar-refractivity contribution in [1.29, 1.82) is 0 Å². The largest absolute Gasteiger partial charge is 0.455 e. The Hall–Kier alpha value is -7.12. The summed E-state index contributed by atoms with van der Waals surface area (Å²) >= 11 is 0. The molecule has 0 saturated heterocycles. The van der Waals surface area contributed by atoms with Crippen LogP contribution in [0.3, 0.4) is 0 Å². The van der Waals surface area contributed by atoms with Crippen molar-refractivity contribution in [2.45, 2.75) is 0 Å². The molecule has 1 N–H and O–H groups in total. The molecule has 246 valence electrons. The Kier molecular flexibility index (Phi) is 7.06. The van der Waals surface area contributed by atoms with Crippen LogP contribution in [0.5, 0.6) is 0 Å². The second-order valence-electron chi connectivity index (χ2n) is 12.7. The Morgan fingerprint density at radius 1 is 0.577 bits per heavy atom. The summed E-state index contributed by atoms with van der Waals surface area (Å²) in [6, 6.07) is 46.1. The van der Waals surface area contributed by atoms with Gasteiger partial charge in [0.15, 0.2) is 17.5 Å². The van der Waals surface area contributed by atoms with Crippen LogP contribution in [0.1, 0.15) is 5.82 Å². The average Bonchev–Trinajstić information content (AvgIpc) is 3.78. The lowest BCUT2D eigenvalue weighted by Crippen LogP contribution is -2.10. The molecule has 7 nitrogen and oxygen atoms in total. The number of rotatable bonds is 6. The fraction of sp³-hybridized carbons (Fsp3) is 0.0222. The van der Waals surface area contributed by atoms with Crippen LogP contribution < -0.4 is 5.32 Å². The van der Waals surface area contributed by atoms with E-state index >= 15 is 0 Å². The van der Waals surface area contributed by atoms with Gasteiger partial charge in [-0.2, -0.15) is 0 Å². The molecule has 0 spiro atoms. The van der Waals surface area contributed by atoms with Gasteiger partial charge in [0.25, 0.3) is 0 Å². The third-order valence-corrected chi connectivity index (χ3v) is 9.61. The summed E-state index contributed by atoms with van der Waals surface area (Å²) in [5.41, 5.74) is 9.97. The molecule has 9 aromatic rings. The summed E-state index contributed by atoms with van der Waals surface area (Å²) in [5, 5.41) is 6.49. The van der Waals surface area contributed by atoms with Crippen molar-refractivity contribution in [2.75, 3.05) is 6.54 Å². The van der Waals surface area contributed by atoms with Crippen LogP contribution in [-0.2, 0) is 0 Å². The minimum Gasteiger partial charge on any atom is -0.455 e. The lowest BCUT2D eigenvalue weighted by Gasteiger charge is -2.12. The zero-order valence-corrected chi connectivity index (χ0v) is 27.9. The molecule has 10 rings (SSSR count). The smallest absolute Gasteiger partial charge is 0.164 e. The molecule has 0 fully saturated rings. The SMILES string of the molecule is C1=CC(c2nc(-c3ccncc3)nc(-c3cccc(-n4c5ccccc5c5c6oc(-c7ccccc7)c(-c7ccccc7)c6ccc54)c3)n2)=CCN1. The molecule has 1 aliphatic rings. The first-order valence-corrected chi connectivity index (χ1v) is 17.3. The zero-order chi connectivity index (χ0) is 34.4. The van der Waals surface area contributed by atoms with Crippen LogP contribution in [0.15, 0.2) is 169 Å². The van der Waals surface area contributed by atoms with Crippen LogP contribution in [0.2, 0.25) is 0 Å². The predicted molar refractivity (Wildman–Crippen MR) is 209 cm³/mol.